The Hall–Kier alpha value is -0.0800. The molecule has 2 heteroatoms. The minimum absolute atomic E-state index is 0.519. The molecule has 0 radical (unpaired) electrons. The average Bonchev–Trinajstić information content (AvgIpc) is 2.79. The lowest BCUT2D eigenvalue weighted by Crippen LogP contribution is -2.42. The second kappa shape index (κ2) is 3.74. The maximum absolute atomic E-state index is 6.33. The summed E-state index contributed by atoms with van der Waals surface area (Å²) in [6.45, 7) is 2.58. The lowest BCUT2D eigenvalue weighted by atomic mass is 9.84. The van der Waals surface area contributed by atoms with Crippen molar-refractivity contribution in [3.63, 3.8) is 0 Å². The first-order valence-corrected chi connectivity index (χ1v) is 6.68. The lowest BCUT2D eigenvalue weighted by molar-refractivity contribution is 0.195. The molecule has 0 saturated heterocycles. The van der Waals surface area contributed by atoms with E-state index < -0.39 is 0 Å². The van der Waals surface area contributed by atoms with Gasteiger partial charge in [0.2, 0.25) is 0 Å². The van der Waals surface area contributed by atoms with Gasteiger partial charge in [0.1, 0.15) is 0 Å². The molecule has 0 heterocycles. The van der Waals surface area contributed by atoms with E-state index in [-0.39, 0.29) is 0 Å². The zero-order valence-corrected chi connectivity index (χ0v) is 9.86. The fourth-order valence-corrected chi connectivity index (χ4v) is 3.90. The maximum atomic E-state index is 6.33. The maximum Gasteiger partial charge on any atom is 0.0111 e. The van der Waals surface area contributed by atoms with Crippen molar-refractivity contribution in [3.8, 4) is 0 Å². The number of rotatable bonds is 4. The second-order valence-electron chi connectivity index (χ2n) is 6.24. The van der Waals surface area contributed by atoms with E-state index in [4.69, 9.17) is 5.73 Å². The van der Waals surface area contributed by atoms with Crippen LogP contribution in [0.5, 0.6) is 0 Å². The van der Waals surface area contributed by atoms with Gasteiger partial charge >= 0.3 is 0 Å². The average molecular weight is 208 g/mol. The molecule has 3 aliphatic rings. The largest absolute Gasteiger partial charge is 0.327 e. The highest BCUT2D eigenvalue weighted by Gasteiger charge is 2.45. The molecular weight excluding hydrogens is 184 g/mol. The van der Waals surface area contributed by atoms with Crippen molar-refractivity contribution in [2.75, 3.05) is 20.1 Å². The Morgan fingerprint density at radius 1 is 1.07 bits per heavy atom. The second-order valence-corrected chi connectivity index (χ2v) is 6.24. The molecule has 2 N–H and O–H groups in total. The molecule has 3 saturated carbocycles. The Kier molecular flexibility index (Phi) is 2.52. The van der Waals surface area contributed by atoms with E-state index in [9.17, 15) is 0 Å². The first kappa shape index (κ1) is 10.1. The molecule has 0 amide bonds. The van der Waals surface area contributed by atoms with Crippen molar-refractivity contribution in [2.24, 2.45) is 29.4 Å². The minimum atomic E-state index is 0.519. The summed E-state index contributed by atoms with van der Waals surface area (Å²) in [5.41, 5.74) is 6.33. The lowest BCUT2D eigenvalue weighted by Gasteiger charge is -2.31. The molecule has 0 aliphatic heterocycles. The van der Waals surface area contributed by atoms with Gasteiger partial charge in [-0.2, -0.15) is 0 Å². The molecule has 3 rings (SSSR count). The highest BCUT2D eigenvalue weighted by molar-refractivity contribution is 4.99. The molecule has 4 atom stereocenters. The van der Waals surface area contributed by atoms with E-state index in [0.717, 1.165) is 23.7 Å². The van der Waals surface area contributed by atoms with Crippen LogP contribution in [-0.4, -0.2) is 31.1 Å². The van der Waals surface area contributed by atoms with Crippen LogP contribution in [0.1, 0.15) is 32.1 Å². The zero-order chi connectivity index (χ0) is 10.4. The van der Waals surface area contributed by atoms with Crippen molar-refractivity contribution < 1.29 is 0 Å². The summed E-state index contributed by atoms with van der Waals surface area (Å²) in [5.74, 6) is 3.67. The van der Waals surface area contributed by atoms with Crippen LogP contribution in [0.3, 0.4) is 0 Å². The van der Waals surface area contributed by atoms with E-state index in [2.05, 4.69) is 11.9 Å². The number of nitrogens with two attached hydrogens (primary N) is 1. The molecule has 0 aromatic rings. The fraction of sp³-hybridized carbons (Fsp3) is 1.00. The molecule has 4 unspecified atom stereocenters. The van der Waals surface area contributed by atoms with Gasteiger partial charge in [0.05, 0.1) is 0 Å². The van der Waals surface area contributed by atoms with Crippen LogP contribution in [0.2, 0.25) is 0 Å². The van der Waals surface area contributed by atoms with Gasteiger partial charge < -0.3 is 10.6 Å². The number of hydrogen-bond acceptors (Lipinski definition) is 2. The Morgan fingerprint density at radius 3 is 2.40 bits per heavy atom. The highest BCUT2D eigenvalue weighted by atomic mass is 15.1. The van der Waals surface area contributed by atoms with Crippen LogP contribution in [0.25, 0.3) is 0 Å². The molecule has 86 valence electrons. The van der Waals surface area contributed by atoms with Gasteiger partial charge in [-0.25, -0.2) is 0 Å². The molecular formula is C13H24N2. The summed E-state index contributed by atoms with van der Waals surface area (Å²) in [5, 5.41) is 0. The smallest absolute Gasteiger partial charge is 0.0111 e. The summed E-state index contributed by atoms with van der Waals surface area (Å²) in [6, 6.07) is 0.519. The summed E-state index contributed by atoms with van der Waals surface area (Å²) in [6.07, 6.45) is 7.23. The van der Waals surface area contributed by atoms with Crippen molar-refractivity contribution in [2.45, 2.75) is 38.1 Å². The quantitative estimate of drug-likeness (QED) is 0.762. The topological polar surface area (TPSA) is 29.3 Å². The van der Waals surface area contributed by atoms with Crippen LogP contribution in [0.4, 0.5) is 0 Å². The minimum Gasteiger partial charge on any atom is -0.327 e. The highest BCUT2D eigenvalue weighted by Crippen LogP contribution is 2.47. The van der Waals surface area contributed by atoms with Crippen molar-refractivity contribution in [1.29, 1.82) is 0 Å². The van der Waals surface area contributed by atoms with E-state index in [0.29, 0.717) is 6.04 Å². The monoisotopic (exact) mass is 208 g/mol. The molecule has 0 aromatic heterocycles. The molecule has 0 spiro atoms. The predicted octanol–water partition coefficient (Wildman–Crippen LogP) is 1.70. The van der Waals surface area contributed by atoms with Gasteiger partial charge in [-0.05, 0) is 62.8 Å². The summed E-state index contributed by atoms with van der Waals surface area (Å²) < 4.78 is 0. The molecule has 3 aliphatic carbocycles. The van der Waals surface area contributed by atoms with E-state index in [1.807, 2.05) is 0 Å². The van der Waals surface area contributed by atoms with Gasteiger partial charge in [0.15, 0.2) is 0 Å². The summed E-state index contributed by atoms with van der Waals surface area (Å²) in [4.78, 5) is 2.54. The van der Waals surface area contributed by atoms with Crippen molar-refractivity contribution in [1.82, 2.24) is 4.90 Å². The number of hydrogen-bond donors (Lipinski definition) is 1. The molecule has 2 nitrogen and oxygen atoms in total. The molecule has 2 bridgehead atoms. The van der Waals surface area contributed by atoms with Crippen LogP contribution in [0.15, 0.2) is 0 Å². The molecule has 0 aromatic carbocycles. The summed E-state index contributed by atoms with van der Waals surface area (Å²) in [7, 11) is 2.29. The van der Waals surface area contributed by atoms with Crippen LogP contribution in [0, 0.1) is 23.7 Å². The summed E-state index contributed by atoms with van der Waals surface area (Å²) >= 11 is 0. The Balaban J connectivity index is 1.53. The normalized spacial score (nSPS) is 44.2. The predicted molar refractivity (Wildman–Crippen MR) is 62.5 cm³/mol. The van der Waals surface area contributed by atoms with E-state index >= 15 is 0 Å². The number of nitrogens with zero attached hydrogens (tertiary/aromatic N) is 1. The van der Waals surface area contributed by atoms with Crippen molar-refractivity contribution in [3.05, 3.63) is 0 Å². The Bertz CT molecular complexity index is 235. The third kappa shape index (κ3) is 1.94. The van der Waals surface area contributed by atoms with Gasteiger partial charge in [0.25, 0.3) is 0 Å². The third-order valence-corrected chi connectivity index (χ3v) is 4.95. The zero-order valence-electron chi connectivity index (χ0n) is 9.86. The van der Waals surface area contributed by atoms with Gasteiger partial charge in [-0.1, -0.05) is 0 Å². The van der Waals surface area contributed by atoms with Gasteiger partial charge in [-0.15, -0.1) is 0 Å². The fourth-order valence-electron chi connectivity index (χ4n) is 3.90. The van der Waals surface area contributed by atoms with Crippen LogP contribution in [-0.2, 0) is 0 Å². The first-order chi connectivity index (χ1) is 7.24. The van der Waals surface area contributed by atoms with Gasteiger partial charge in [-0.3, -0.25) is 0 Å². The third-order valence-electron chi connectivity index (χ3n) is 4.95. The standard InChI is InChI=1S/C13H24N2/c1-15(7-9-2-3-9)8-12-10-4-5-11(6-10)13(12)14/h9-13H,2-8,14H2,1H3. The molecule has 15 heavy (non-hydrogen) atoms. The number of fused-ring (bicyclic) bond motifs is 2. The first-order valence-electron chi connectivity index (χ1n) is 6.68. The Morgan fingerprint density at radius 2 is 1.80 bits per heavy atom. The van der Waals surface area contributed by atoms with E-state index in [1.54, 1.807) is 0 Å². The van der Waals surface area contributed by atoms with Gasteiger partial charge in [0, 0.05) is 19.1 Å². The van der Waals surface area contributed by atoms with Crippen molar-refractivity contribution >= 4 is 0 Å². The Labute approximate surface area is 93.2 Å². The van der Waals surface area contributed by atoms with Crippen LogP contribution >= 0.6 is 0 Å². The van der Waals surface area contributed by atoms with Crippen LogP contribution < -0.4 is 5.73 Å². The van der Waals surface area contributed by atoms with E-state index in [1.165, 1.54) is 45.2 Å². The molecule has 3 fully saturated rings. The SMILES string of the molecule is CN(CC1CC1)CC1C2CCC(C2)C1N.